The summed E-state index contributed by atoms with van der Waals surface area (Å²) in [5.41, 5.74) is 9.42. The molecule has 0 saturated carbocycles. The number of anilines is 1. The van der Waals surface area contributed by atoms with E-state index in [9.17, 15) is 8.42 Å². The van der Waals surface area contributed by atoms with Crippen LogP contribution in [0.1, 0.15) is 17.1 Å². The van der Waals surface area contributed by atoms with E-state index in [0.717, 1.165) is 28.0 Å². The van der Waals surface area contributed by atoms with Crippen molar-refractivity contribution in [3.8, 4) is 0 Å². The number of nitrogen functional groups attached to an aromatic ring is 1. The third-order valence-corrected chi connectivity index (χ3v) is 6.77. The third-order valence-electron chi connectivity index (χ3n) is 5.25. The number of imidazole rings is 1. The fraction of sp³-hybridized carbons (Fsp3) is 0.238. The zero-order valence-corrected chi connectivity index (χ0v) is 17.4. The number of nitrogens with two attached hydrogens (primary N) is 1. The maximum Gasteiger partial charge on any atom is 0.241 e. The standard InChI is InChI=1S/C21H23N5O2S/c1-13-14(2)24-21(22)19-20(13)26(15(3)25-19)12-11-23-29(27,28)18-10-6-8-16-7-4-5-9-17(16)18/h4-10,23H,11-12H2,1-3H3,(H2,22,24). The number of hydrogen-bond acceptors (Lipinski definition) is 5. The Balaban J connectivity index is 1.63. The molecule has 0 amide bonds. The molecule has 3 N–H and O–H groups in total. The molecule has 2 aromatic heterocycles. The zero-order valence-electron chi connectivity index (χ0n) is 16.6. The minimum atomic E-state index is -3.65. The molecule has 8 heteroatoms. The second-order valence-electron chi connectivity index (χ2n) is 7.09. The molecular formula is C21H23N5O2S. The molecule has 0 aliphatic heterocycles. The predicted molar refractivity (Wildman–Crippen MR) is 115 cm³/mol. The molecule has 0 aliphatic rings. The van der Waals surface area contributed by atoms with E-state index in [1.54, 1.807) is 12.1 Å². The number of aromatic nitrogens is 3. The normalized spacial score (nSPS) is 12.1. The minimum Gasteiger partial charge on any atom is -0.382 e. The summed E-state index contributed by atoms with van der Waals surface area (Å²) in [6, 6.07) is 12.7. The van der Waals surface area contributed by atoms with Crippen LogP contribution in [0.2, 0.25) is 0 Å². The van der Waals surface area contributed by atoms with Gasteiger partial charge in [0, 0.05) is 24.2 Å². The van der Waals surface area contributed by atoms with Gasteiger partial charge in [-0.05, 0) is 37.8 Å². The second-order valence-corrected chi connectivity index (χ2v) is 8.83. The van der Waals surface area contributed by atoms with Crippen LogP contribution >= 0.6 is 0 Å². The van der Waals surface area contributed by atoms with Crippen LogP contribution in [0.25, 0.3) is 21.8 Å². The van der Waals surface area contributed by atoms with Crippen molar-refractivity contribution in [3.05, 3.63) is 59.5 Å². The lowest BCUT2D eigenvalue weighted by atomic mass is 10.1. The van der Waals surface area contributed by atoms with Gasteiger partial charge in [0.25, 0.3) is 0 Å². The highest BCUT2D eigenvalue weighted by Crippen LogP contribution is 2.26. The maximum absolute atomic E-state index is 12.9. The average Bonchev–Trinajstić information content (AvgIpc) is 3.03. The van der Waals surface area contributed by atoms with Gasteiger partial charge in [0.1, 0.15) is 11.3 Å². The summed E-state index contributed by atoms with van der Waals surface area (Å²) in [6.45, 7) is 6.44. The smallest absolute Gasteiger partial charge is 0.241 e. The van der Waals surface area contributed by atoms with Crippen molar-refractivity contribution >= 4 is 37.6 Å². The fourth-order valence-corrected chi connectivity index (χ4v) is 4.93. The number of aryl methyl sites for hydroxylation is 3. The SMILES string of the molecule is Cc1nc(N)c2nc(C)n(CCNS(=O)(=O)c3cccc4ccccc34)c2c1C. The van der Waals surface area contributed by atoms with Gasteiger partial charge in [0.2, 0.25) is 10.0 Å². The van der Waals surface area contributed by atoms with Crippen LogP contribution in [0.4, 0.5) is 5.82 Å². The summed E-state index contributed by atoms with van der Waals surface area (Å²) >= 11 is 0. The number of rotatable bonds is 5. The molecule has 150 valence electrons. The highest BCUT2D eigenvalue weighted by Gasteiger charge is 2.19. The van der Waals surface area contributed by atoms with Crippen molar-refractivity contribution in [2.45, 2.75) is 32.2 Å². The van der Waals surface area contributed by atoms with Gasteiger partial charge in [0.15, 0.2) is 5.82 Å². The van der Waals surface area contributed by atoms with Crippen molar-refractivity contribution in [3.63, 3.8) is 0 Å². The number of nitrogens with one attached hydrogen (secondary N) is 1. The first kappa shape index (κ1) is 19.4. The Morgan fingerprint density at radius 3 is 2.55 bits per heavy atom. The van der Waals surface area contributed by atoms with Gasteiger partial charge in [0.05, 0.1) is 10.4 Å². The van der Waals surface area contributed by atoms with Crippen LogP contribution in [0, 0.1) is 20.8 Å². The molecule has 0 aliphatic carbocycles. The lowest BCUT2D eigenvalue weighted by Crippen LogP contribution is -2.28. The topological polar surface area (TPSA) is 103 Å². The molecule has 4 aromatic rings. The van der Waals surface area contributed by atoms with Crippen molar-refractivity contribution in [2.75, 3.05) is 12.3 Å². The molecule has 0 radical (unpaired) electrons. The summed E-state index contributed by atoms with van der Waals surface area (Å²) in [6.07, 6.45) is 0. The third kappa shape index (κ3) is 3.34. The Labute approximate surface area is 169 Å². The highest BCUT2D eigenvalue weighted by atomic mass is 32.2. The first-order valence-corrected chi connectivity index (χ1v) is 10.8. The molecule has 0 saturated heterocycles. The largest absolute Gasteiger partial charge is 0.382 e. The van der Waals surface area contributed by atoms with E-state index in [4.69, 9.17) is 5.73 Å². The van der Waals surface area contributed by atoms with Gasteiger partial charge in [-0.1, -0.05) is 36.4 Å². The minimum absolute atomic E-state index is 0.235. The lowest BCUT2D eigenvalue weighted by molar-refractivity contribution is 0.573. The fourth-order valence-electron chi connectivity index (χ4n) is 3.69. The van der Waals surface area contributed by atoms with Gasteiger partial charge in [-0.3, -0.25) is 0 Å². The molecule has 2 heterocycles. The number of pyridine rings is 1. The van der Waals surface area contributed by atoms with Crippen LogP contribution in [-0.2, 0) is 16.6 Å². The first-order chi connectivity index (χ1) is 13.8. The summed E-state index contributed by atoms with van der Waals surface area (Å²) in [5, 5.41) is 1.60. The molecule has 4 rings (SSSR count). The van der Waals surface area contributed by atoms with E-state index in [2.05, 4.69) is 14.7 Å². The van der Waals surface area contributed by atoms with Crippen LogP contribution < -0.4 is 10.5 Å². The quantitative estimate of drug-likeness (QED) is 0.527. The van der Waals surface area contributed by atoms with Crippen LogP contribution in [-0.4, -0.2) is 29.5 Å². The summed E-state index contributed by atoms with van der Waals surface area (Å²) in [4.78, 5) is 9.14. The van der Waals surface area contributed by atoms with Gasteiger partial charge in [-0.2, -0.15) is 0 Å². The molecule has 2 aromatic carbocycles. The van der Waals surface area contributed by atoms with E-state index in [1.807, 2.05) is 55.7 Å². The van der Waals surface area contributed by atoms with E-state index in [0.29, 0.717) is 23.3 Å². The Morgan fingerprint density at radius 2 is 1.76 bits per heavy atom. The number of fused-ring (bicyclic) bond motifs is 2. The van der Waals surface area contributed by atoms with Crippen molar-refractivity contribution in [1.82, 2.24) is 19.3 Å². The number of benzene rings is 2. The molecule has 0 spiro atoms. The van der Waals surface area contributed by atoms with E-state index in [1.165, 1.54) is 0 Å². The van der Waals surface area contributed by atoms with Gasteiger partial charge >= 0.3 is 0 Å². The Bertz CT molecular complexity index is 1340. The monoisotopic (exact) mass is 409 g/mol. The molecular weight excluding hydrogens is 386 g/mol. The molecule has 0 bridgehead atoms. The highest BCUT2D eigenvalue weighted by molar-refractivity contribution is 7.89. The van der Waals surface area contributed by atoms with Crippen LogP contribution in [0.3, 0.4) is 0 Å². The molecule has 0 fully saturated rings. The molecule has 0 unspecified atom stereocenters. The Kier molecular flexibility index (Phi) is 4.76. The first-order valence-electron chi connectivity index (χ1n) is 9.36. The number of sulfonamides is 1. The summed E-state index contributed by atoms with van der Waals surface area (Å²) in [7, 11) is -3.65. The van der Waals surface area contributed by atoms with Crippen molar-refractivity contribution in [1.29, 1.82) is 0 Å². The summed E-state index contributed by atoms with van der Waals surface area (Å²) in [5.74, 6) is 1.16. The van der Waals surface area contributed by atoms with E-state index in [-0.39, 0.29) is 11.4 Å². The van der Waals surface area contributed by atoms with Crippen molar-refractivity contribution < 1.29 is 8.42 Å². The van der Waals surface area contributed by atoms with Crippen LogP contribution in [0.15, 0.2) is 47.4 Å². The van der Waals surface area contributed by atoms with Crippen LogP contribution in [0.5, 0.6) is 0 Å². The molecule has 0 atom stereocenters. The maximum atomic E-state index is 12.9. The van der Waals surface area contributed by atoms with Gasteiger partial charge in [-0.15, -0.1) is 0 Å². The number of hydrogen-bond donors (Lipinski definition) is 2. The van der Waals surface area contributed by atoms with Crippen molar-refractivity contribution in [2.24, 2.45) is 0 Å². The Morgan fingerprint density at radius 1 is 1.03 bits per heavy atom. The average molecular weight is 410 g/mol. The Hall–Kier alpha value is -2.97. The number of nitrogens with zero attached hydrogens (tertiary/aromatic N) is 3. The molecule has 7 nitrogen and oxygen atoms in total. The molecule has 29 heavy (non-hydrogen) atoms. The summed E-state index contributed by atoms with van der Waals surface area (Å²) < 4.78 is 30.6. The van der Waals surface area contributed by atoms with E-state index >= 15 is 0 Å². The van der Waals surface area contributed by atoms with Gasteiger partial charge < -0.3 is 10.3 Å². The van der Waals surface area contributed by atoms with Gasteiger partial charge in [-0.25, -0.2) is 23.1 Å². The second kappa shape index (κ2) is 7.13. The zero-order chi connectivity index (χ0) is 20.8. The van der Waals surface area contributed by atoms with E-state index < -0.39 is 10.0 Å². The predicted octanol–water partition coefficient (Wildman–Crippen LogP) is 3.07. The lowest BCUT2D eigenvalue weighted by Gasteiger charge is -2.12.